The van der Waals surface area contributed by atoms with Gasteiger partial charge in [0, 0.05) is 36.3 Å². The summed E-state index contributed by atoms with van der Waals surface area (Å²) in [5.41, 5.74) is 0. The molecule has 6 nitrogen and oxygen atoms in total. The fourth-order valence-electron chi connectivity index (χ4n) is 2.53. The molecule has 7 heteroatoms. The van der Waals surface area contributed by atoms with Crippen LogP contribution in [0.3, 0.4) is 0 Å². The van der Waals surface area contributed by atoms with Crippen molar-refractivity contribution >= 4 is 26.7 Å². The normalized spacial score (nSPS) is 20.4. The number of carbonyl (C=O) groups excluding carboxylic acids is 1. The summed E-state index contributed by atoms with van der Waals surface area (Å²) < 4.78 is 27.0. The zero-order valence-electron chi connectivity index (χ0n) is 11.5. The summed E-state index contributed by atoms with van der Waals surface area (Å²) in [6.07, 6.45) is 3.19. The molecule has 110 valence electrons. The second-order valence-electron chi connectivity index (χ2n) is 4.94. The highest BCUT2D eigenvalue weighted by Gasteiger charge is 2.36. The van der Waals surface area contributed by atoms with Gasteiger partial charge in [-0.1, -0.05) is 12.1 Å². The third kappa shape index (κ3) is 2.28. The second kappa shape index (κ2) is 5.09. The number of hydrogen-bond donors (Lipinski definition) is 1. The SMILES string of the molecule is CC1C(=O)NCCN1S(=O)(=O)c1cccc2cnccc12. The van der Waals surface area contributed by atoms with Gasteiger partial charge >= 0.3 is 0 Å². The molecule has 0 spiro atoms. The molecular weight excluding hydrogens is 290 g/mol. The minimum absolute atomic E-state index is 0.212. The van der Waals surface area contributed by atoms with Crippen molar-refractivity contribution in [3.8, 4) is 0 Å². The average molecular weight is 305 g/mol. The lowest BCUT2D eigenvalue weighted by molar-refractivity contribution is -0.126. The van der Waals surface area contributed by atoms with Crippen molar-refractivity contribution in [2.75, 3.05) is 13.1 Å². The molecule has 0 aliphatic carbocycles. The quantitative estimate of drug-likeness (QED) is 0.887. The molecule has 1 fully saturated rings. The molecule has 2 heterocycles. The lowest BCUT2D eigenvalue weighted by Crippen LogP contribution is -2.55. The number of pyridine rings is 1. The Bertz CT molecular complexity index is 799. The number of carbonyl (C=O) groups is 1. The Morgan fingerprint density at radius 3 is 2.95 bits per heavy atom. The van der Waals surface area contributed by atoms with Crippen LogP contribution in [-0.2, 0) is 14.8 Å². The molecule has 1 N–H and O–H groups in total. The van der Waals surface area contributed by atoms with E-state index in [0.29, 0.717) is 11.9 Å². The third-order valence-corrected chi connectivity index (χ3v) is 5.70. The summed E-state index contributed by atoms with van der Waals surface area (Å²) in [6, 6.07) is 6.04. The molecule has 2 aromatic rings. The molecule has 3 rings (SSSR count). The molecule has 1 saturated heterocycles. The zero-order valence-corrected chi connectivity index (χ0v) is 12.3. The van der Waals surface area contributed by atoms with Gasteiger partial charge in [0.15, 0.2) is 0 Å². The van der Waals surface area contributed by atoms with Gasteiger partial charge in [-0.05, 0) is 19.1 Å². The van der Waals surface area contributed by atoms with E-state index in [9.17, 15) is 13.2 Å². The van der Waals surface area contributed by atoms with Crippen molar-refractivity contribution in [2.45, 2.75) is 17.9 Å². The topological polar surface area (TPSA) is 79.4 Å². The minimum atomic E-state index is -3.73. The van der Waals surface area contributed by atoms with Crippen LogP contribution in [0.2, 0.25) is 0 Å². The molecule has 1 unspecified atom stereocenters. The van der Waals surface area contributed by atoms with Crippen LogP contribution in [0.4, 0.5) is 0 Å². The number of sulfonamides is 1. The first kappa shape index (κ1) is 14.0. The van der Waals surface area contributed by atoms with Crippen molar-refractivity contribution in [1.29, 1.82) is 0 Å². The molecule has 1 aliphatic rings. The van der Waals surface area contributed by atoms with Crippen LogP contribution in [0.15, 0.2) is 41.6 Å². The monoisotopic (exact) mass is 305 g/mol. The van der Waals surface area contributed by atoms with E-state index in [0.717, 1.165) is 5.39 Å². The van der Waals surface area contributed by atoms with Gasteiger partial charge in [0.1, 0.15) is 6.04 Å². The van der Waals surface area contributed by atoms with E-state index in [1.807, 2.05) is 6.07 Å². The summed E-state index contributed by atoms with van der Waals surface area (Å²) in [5, 5.41) is 4.04. The molecule has 0 radical (unpaired) electrons. The molecule has 1 aromatic carbocycles. The summed E-state index contributed by atoms with van der Waals surface area (Å²) in [4.78, 5) is 15.9. The summed E-state index contributed by atoms with van der Waals surface area (Å²) in [6.45, 7) is 2.20. The number of nitrogens with zero attached hydrogens (tertiary/aromatic N) is 2. The Morgan fingerprint density at radius 2 is 2.14 bits per heavy atom. The Labute approximate surface area is 122 Å². The van der Waals surface area contributed by atoms with Gasteiger partial charge in [0.25, 0.3) is 0 Å². The number of hydrogen-bond acceptors (Lipinski definition) is 4. The maximum absolute atomic E-state index is 12.9. The van der Waals surface area contributed by atoms with Crippen LogP contribution in [0.5, 0.6) is 0 Å². The third-order valence-electron chi connectivity index (χ3n) is 3.67. The predicted octanol–water partition coefficient (Wildman–Crippen LogP) is 0.744. The van der Waals surface area contributed by atoms with Crippen molar-refractivity contribution in [1.82, 2.24) is 14.6 Å². The zero-order chi connectivity index (χ0) is 15.0. The molecule has 1 atom stereocenters. The fourth-order valence-corrected chi connectivity index (χ4v) is 4.34. The lowest BCUT2D eigenvalue weighted by atomic mass is 10.2. The molecule has 21 heavy (non-hydrogen) atoms. The number of amides is 1. The van der Waals surface area contributed by atoms with E-state index in [1.54, 1.807) is 37.5 Å². The standard InChI is InChI=1S/C14H15N3O3S/c1-10-14(18)16-7-8-17(10)21(19,20)13-4-2-3-11-9-15-6-5-12(11)13/h2-6,9-10H,7-8H2,1H3,(H,16,18). The van der Waals surface area contributed by atoms with E-state index in [1.165, 1.54) is 4.31 Å². The van der Waals surface area contributed by atoms with Gasteiger partial charge < -0.3 is 5.32 Å². The number of fused-ring (bicyclic) bond motifs is 1. The Morgan fingerprint density at radius 1 is 1.33 bits per heavy atom. The van der Waals surface area contributed by atoms with E-state index < -0.39 is 16.1 Å². The van der Waals surface area contributed by atoms with Crippen molar-refractivity contribution in [3.05, 3.63) is 36.7 Å². The highest BCUT2D eigenvalue weighted by atomic mass is 32.2. The van der Waals surface area contributed by atoms with Crippen molar-refractivity contribution < 1.29 is 13.2 Å². The van der Waals surface area contributed by atoms with Gasteiger partial charge in [-0.3, -0.25) is 9.78 Å². The summed E-state index contributed by atoms with van der Waals surface area (Å²) in [5.74, 6) is -0.272. The van der Waals surface area contributed by atoms with Gasteiger partial charge in [-0.15, -0.1) is 0 Å². The van der Waals surface area contributed by atoms with Crippen LogP contribution >= 0.6 is 0 Å². The largest absolute Gasteiger partial charge is 0.353 e. The molecule has 0 saturated carbocycles. The van der Waals surface area contributed by atoms with Crippen LogP contribution in [-0.4, -0.2) is 42.7 Å². The Kier molecular flexibility index (Phi) is 3.38. The number of nitrogens with one attached hydrogen (secondary N) is 1. The Balaban J connectivity index is 2.14. The highest BCUT2D eigenvalue weighted by Crippen LogP contribution is 2.26. The molecule has 1 amide bonds. The second-order valence-corrected chi connectivity index (χ2v) is 6.79. The molecular formula is C14H15N3O3S. The maximum atomic E-state index is 12.9. The number of aromatic nitrogens is 1. The van der Waals surface area contributed by atoms with E-state index in [4.69, 9.17) is 0 Å². The van der Waals surface area contributed by atoms with Crippen LogP contribution in [0.1, 0.15) is 6.92 Å². The Hall–Kier alpha value is -1.99. The lowest BCUT2D eigenvalue weighted by Gasteiger charge is -2.32. The first-order chi connectivity index (χ1) is 10.0. The van der Waals surface area contributed by atoms with Crippen LogP contribution < -0.4 is 5.32 Å². The average Bonchev–Trinajstić information content (AvgIpc) is 2.49. The van der Waals surface area contributed by atoms with Gasteiger partial charge in [-0.25, -0.2) is 8.42 Å². The number of rotatable bonds is 2. The smallest absolute Gasteiger partial charge is 0.244 e. The molecule has 1 aliphatic heterocycles. The highest BCUT2D eigenvalue weighted by molar-refractivity contribution is 7.89. The number of piperazine rings is 1. The summed E-state index contributed by atoms with van der Waals surface area (Å²) in [7, 11) is -3.73. The minimum Gasteiger partial charge on any atom is -0.353 e. The van der Waals surface area contributed by atoms with E-state index in [2.05, 4.69) is 10.3 Å². The summed E-state index contributed by atoms with van der Waals surface area (Å²) >= 11 is 0. The van der Waals surface area contributed by atoms with Gasteiger partial charge in [-0.2, -0.15) is 4.31 Å². The van der Waals surface area contributed by atoms with Crippen LogP contribution in [0, 0.1) is 0 Å². The number of benzene rings is 1. The first-order valence-electron chi connectivity index (χ1n) is 6.64. The van der Waals surface area contributed by atoms with Gasteiger partial charge in [0.2, 0.25) is 15.9 Å². The fraction of sp³-hybridized carbons (Fsp3) is 0.286. The van der Waals surface area contributed by atoms with Crippen LogP contribution in [0.25, 0.3) is 10.8 Å². The first-order valence-corrected chi connectivity index (χ1v) is 8.08. The molecule has 1 aromatic heterocycles. The predicted molar refractivity (Wildman–Crippen MR) is 78.1 cm³/mol. The van der Waals surface area contributed by atoms with E-state index in [-0.39, 0.29) is 17.3 Å². The van der Waals surface area contributed by atoms with Crippen molar-refractivity contribution in [2.24, 2.45) is 0 Å². The van der Waals surface area contributed by atoms with Gasteiger partial charge in [0.05, 0.1) is 4.90 Å². The maximum Gasteiger partial charge on any atom is 0.244 e. The molecule has 0 bridgehead atoms. The van der Waals surface area contributed by atoms with E-state index >= 15 is 0 Å². The van der Waals surface area contributed by atoms with Crippen molar-refractivity contribution in [3.63, 3.8) is 0 Å².